The highest BCUT2D eigenvalue weighted by Gasteiger charge is 2.32. The monoisotopic (exact) mass is 307 g/mol. The topological polar surface area (TPSA) is 96.0 Å². The van der Waals surface area contributed by atoms with Crippen LogP contribution in [0.1, 0.15) is 0 Å². The number of nitrogens with zero attached hydrogens (tertiary/aromatic N) is 2. The number of hydrogen-bond acceptors (Lipinski definition) is 5. The minimum Gasteiger partial charge on any atom is -0.375 e. The third-order valence-corrected chi connectivity index (χ3v) is 4.46. The molecular weight excluding hydrogens is 286 g/mol. The normalized spacial score (nSPS) is 21.4. The Labute approximate surface area is 119 Å². The number of carbonyl (C=O) groups excluding carboxylic acids is 2. The quantitative estimate of drug-likeness (QED) is 0.654. The molecular formula is C11H21N3O5S. The summed E-state index contributed by atoms with van der Waals surface area (Å²) in [6.07, 6.45) is 1.10. The SMILES string of the molecule is CNC(=O)C1CN(C(=O)COC)CCN(S(C)(=O)=O)C1. The van der Waals surface area contributed by atoms with Crippen LogP contribution in [-0.2, 0) is 24.3 Å². The van der Waals surface area contributed by atoms with Gasteiger partial charge in [-0.1, -0.05) is 0 Å². The Morgan fingerprint density at radius 1 is 1.30 bits per heavy atom. The molecule has 0 aliphatic carbocycles. The van der Waals surface area contributed by atoms with Gasteiger partial charge in [0.05, 0.1) is 12.2 Å². The highest BCUT2D eigenvalue weighted by molar-refractivity contribution is 7.88. The molecule has 1 saturated heterocycles. The summed E-state index contributed by atoms with van der Waals surface area (Å²) in [6.45, 7) is 0.618. The molecule has 20 heavy (non-hydrogen) atoms. The maximum Gasteiger partial charge on any atom is 0.248 e. The summed E-state index contributed by atoms with van der Waals surface area (Å²) in [4.78, 5) is 25.1. The molecule has 8 nitrogen and oxygen atoms in total. The molecule has 1 atom stereocenters. The number of carbonyl (C=O) groups is 2. The summed E-state index contributed by atoms with van der Waals surface area (Å²) in [7, 11) is -0.504. The second-order valence-corrected chi connectivity index (χ2v) is 6.69. The summed E-state index contributed by atoms with van der Waals surface area (Å²) < 4.78 is 29.3. The number of rotatable bonds is 4. The Morgan fingerprint density at radius 3 is 2.45 bits per heavy atom. The fourth-order valence-electron chi connectivity index (χ4n) is 2.10. The molecule has 0 spiro atoms. The van der Waals surface area contributed by atoms with Crippen molar-refractivity contribution in [1.29, 1.82) is 0 Å². The van der Waals surface area contributed by atoms with E-state index in [9.17, 15) is 18.0 Å². The van der Waals surface area contributed by atoms with Crippen molar-refractivity contribution < 1.29 is 22.7 Å². The van der Waals surface area contributed by atoms with Gasteiger partial charge in [-0.15, -0.1) is 0 Å². The van der Waals surface area contributed by atoms with E-state index < -0.39 is 15.9 Å². The maximum absolute atomic E-state index is 11.9. The van der Waals surface area contributed by atoms with Crippen molar-refractivity contribution in [2.24, 2.45) is 5.92 Å². The Balaban J connectivity index is 2.91. The molecule has 2 amide bonds. The van der Waals surface area contributed by atoms with Crippen molar-refractivity contribution in [3.05, 3.63) is 0 Å². The summed E-state index contributed by atoms with van der Waals surface area (Å²) >= 11 is 0. The second kappa shape index (κ2) is 7.00. The summed E-state index contributed by atoms with van der Waals surface area (Å²) in [5, 5.41) is 2.50. The summed E-state index contributed by atoms with van der Waals surface area (Å²) in [5.74, 6) is -1.12. The molecule has 0 aromatic rings. The van der Waals surface area contributed by atoms with Crippen LogP contribution in [0.25, 0.3) is 0 Å². The van der Waals surface area contributed by atoms with E-state index in [-0.39, 0.29) is 44.6 Å². The first-order valence-corrected chi connectivity index (χ1v) is 8.07. The van der Waals surface area contributed by atoms with Crippen LogP contribution < -0.4 is 5.32 Å². The Hall–Kier alpha value is -1.19. The van der Waals surface area contributed by atoms with Crippen LogP contribution in [-0.4, -0.2) is 82.6 Å². The van der Waals surface area contributed by atoms with Crippen LogP contribution in [0, 0.1) is 5.92 Å². The van der Waals surface area contributed by atoms with Gasteiger partial charge in [0.2, 0.25) is 21.8 Å². The van der Waals surface area contributed by atoms with E-state index in [0.29, 0.717) is 0 Å². The molecule has 9 heteroatoms. The number of sulfonamides is 1. The minimum atomic E-state index is -3.40. The Morgan fingerprint density at radius 2 is 1.95 bits per heavy atom. The summed E-state index contributed by atoms with van der Waals surface area (Å²) in [6, 6.07) is 0. The molecule has 0 radical (unpaired) electrons. The molecule has 1 rings (SSSR count). The smallest absolute Gasteiger partial charge is 0.248 e. The van der Waals surface area contributed by atoms with E-state index >= 15 is 0 Å². The highest BCUT2D eigenvalue weighted by Crippen LogP contribution is 2.13. The molecule has 1 unspecified atom stereocenters. The van der Waals surface area contributed by atoms with Crippen molar-refractivity contribution in [1.82, 2.24) is 14.5 Å². The fourth-order valence-corrected chi connectivity index (χ4v) is 2.96. The maximum atomic E-state index is 11.9. The number of amides is 2. The predicted molar refractivity (Wildman–Crippen MR) is 72.4 cm³/mol. The van der Waals surface area contributed by atoms with Gasteiger partial charge < -0.3 is 15.0 Å². The van der Waals surface area contributed by atoms with Crippen molar-refractivity contribution >= 4 is 21.8 Å². The lowest BCUT2D eigenvalue weighted by Crippen LogP contribution is -2.42. The lowest BCUT2D eigenvalue weighted by molar-refractivity contribution is -0.136. The second-order valence-electron chi connectivity index (χ2n) is 4.70. The molecule has 1 heterocycles. The number of ether oxygens (including phenoxy) is 1. The van der Waals surface area contributed by atoms with Crippen LogP contribution in [0.4, 0.5) is 0 Å². The van der Waals surface area contributed by atoms with E-state index in [1.165, 1.54) is 23.4 Å². The lowest BCUT2D eigenvalue weighted by Gasteiger charge is -2.22. The average molecular weight is 307 g/mol. The molecule has 116 valence electrons. The molecule has 0 saturated carbocycles. The number of hydrogen-bond donors (Lipinski definition) is 1. The lowest BCUT2D eigenvalue weighted by atomic mass is 10.1. The zero-order valence-electron chi connectivity index (χ0n) is 12.0. The van der Waals surface area contributed by atoms with Gasteiger partial charge >= 0.3 is 0 Å². The molecule has 1 N–H and O–H groups in total. The van der Waals surface area contributed by atoms with Crippen LogP contribution in [0.5, 0.6) is 0 Å². The van der Waals surface area contributed by atoms with Gasteiger partial charge in [0.1, 0.15) is 6.61 Å². The van der Waals surface area contributed by atoms with E-state index in [0.717, 1.165) is 6.26 Å². The van der Waals surface area contributed by atoms with E-state index in [2.05, 4.69) is 5.32 Å². The highest BCUT2D eigenvalue weighted by atomic mass is 32.2. The van der Waals surface area contributed by atoms with E-state index in [1.807, 2.05) is 0 Å². The Kier molecular flexibility index (Phi) is 5.90. The first-order chi connectivity index (χ1) is 9.29. The molecule has 0 aromatic carbocycles. The summed E-state index contributed by atoms with van der Waals surface area (Å²) in [5.41, 5.74) is 0. The largest absolute Gasteiger partial charge is 0.375 e. The van der Waals surface area contributed by atoms with Crippen molar-refractivity contribution in [3.8, 4) is 0 Å². The zero-order valence-corrected chi connectivity index (χ0v) is 12.8. The van der Waals surface area contributed by atoms with Gasteiger partial charge in [-0.05, 0) is 0 Å². The predicted octanol–water partition coefficient (Wildman–Crippen LogP) is -1.90. The van der Waals surface area contributed by atoms with Crippen molar-refractivity contribution in [3.63, 3.8) is 0 Å². The van der Waals surface area contributed by atoms with Crippen LogP contribution in [0.2, 0.25) is 0 Å². The van der Waals surface area contributed by atoms with Crippen LogP contribution in [0.3, 0.4) is 0 Å². The standard InChI is InChI=1S/C11H21N3O5S/c1-12-11(16)9-6-13(10(15)8-19-2)4-5-14(7-9)20(3,17)18/h9H,4-8H2,1-3H3,(H,12,16). The number of nitrogens with one attached hydrogen (secondary N) is 1. The minimum absolute atomic E-state index is 0.0786. The fraction of sp³-hybridized carbons (Fsp3) is 0.818. The van der Waals surface area contributed by atoms with Gasteiger partial charge in [0.25, 0.3) is 0 Å². The van der Waals surface area contributed by atoms with Crippen LogP contribution in [0.15, 0.2) is 0 Å². The number of methoxy groups -OCH3 is 1. The van der Waals surface area contributed by atoms with E-state index in [1.54, 1.807) is 0 Å². The average Bonchev–Trinajstić information content (AvgIpc) is 2.60. The third kappa shape index (κ3) is 4.43. The molecule has 0 aromatic heterocycles. The zero-order chi connectivity index (χ0) is 15.3. The first kappa shape index (κ1) is 16.9. The molecule has 1 fully saturated rings. The Bertz CT molecular complexity index is 465. The van der Waals surface area contributed by atoms with Crippen molar-refractivity contribution in [2.45, 2.75) is 0 Å². The third-order valence-electron chi connectivity index (χ3n) is 3.19. The van der Waals surface area contributed by atoms with Gasteiger partial charge in [-0.3, -0.25) is 9.59 Å². The van der Waals surface area contributed by atoms with Gasteiger partial charge in [-0.2, -0.15) is 4.31 Å². The van der Waals surface area contributed by atoms with Gasteiger partial charge in [-0.25, -0.2) is 8.42 Å². The van der Waals surface area contributed by atoms with Crippen molar-refractivity contribution in [2.75, 3.05) is 53.2 Å². The van der Waals surface area contributed by atoms with Gasteiger partial charge in [0, 0.05) is 40.3 Å². The van der Waals surface area contributed by atoms with Gasteiger partial charge in [0.15, 0.2) is 0 Å². The first-order valence-electron chi connectivity index (χ1n) is 6.23. The molecule has 1 aliphatic rings. The van der Waals surface area contributed by atoms with Crippen LogP contribution >= 0.6 is 0 Å². The molecule has 0 bridgehead atoms. The van der Waals surface area contributed by atoms with E-state index in [4.69, 9.17) is 4.74 Å². The molecule has 1 aliphatic heterocycles.